The number of nitrogens with zero attached hydrogens (tertiary/aromatic N) is 1. The number of benzene rings is 2. The average molecular weight is 433 g/mol. The highest BCUT2D eigenvalue weighted by Crippen LogP contribution is 2.32. The lowest BCUT2D eigenvalue weighted by Crippen LogP contribution is -2.17. The Hall–Kier alpha value is -4.20. The van der Waals surface area contributed by atoms with E-state index >= 15 is 0 Å². The van der Waals surface area contributed by atoms with E-state index in [4.69, 9.17) is 14.9 Å². The number of para-hydroxylation sites is 1. The summed E-state index contributed by atoms with van der Waals surface area (Å²) < 4.78 is 24.9. The van der Waals surface area contributed by atoms with E-state index in [0.717, 1.165) is 11.6 Å². The van der Waals surface area contributed by atoms with Crippen molar-refractivity contribution < 1.29 is 23.1 Å². The molecule has 3 N–H and O–H groups in total. The molecule has 0 aliphatic carbocycles. The summed E-state index contributed by atoms with van der Waals surface area (Å²) in [6.07, 6.45) is 1.34. The standard InChI is InChI=1S/C24H20FN3O4/c1-13(2)16-5-3-4-6-18(16)31-20-10-7-14(12-27-20)24(30)28-21-17-11-15(25)8-9-19(17)32-22(21)23(26)29/h3-13H,1-2H3,(H2,26,29)(H,28,30). The normalized spacial score (nSPS) is 11.0. The Morgan fingerprint density at radius 2 is 1.91 bits per heavy atom. The molecule has 0 aliphatic heterocycles. The van der Waals surface area contributed by atoms with Gasteiger partial charge in [0.2, 0.25) is 11.6 Å². The van der Waals surface area contributed by atoms with Crippen LogP contribution in [0.1, 0.15) is 46.2 Å². The number of fused-ring (bicyclic) bond motifs is 1. The molecule has 0 atom stereocenters. The number of hydrogen-bond acceptors (Lipinski definition) is 5. The molecule has 32 heavy (non-hydrogen) atoms. The molecule has 0 unspecified atom stereocenters. The van der Waals surface area contributed by atoms with Crippen molar-refractivity contribution in [3.63, 3.8) is 0 Å². The van der Waals surface area contributed by atoms with Gasteiger partial charge in [-0.1, -0.05) is 32.0 Å². The van der Waals surface area contributed by atoms with Gasteiger partial charge in [0.05, 0.1) is 5.56 Å². The lowest BCUT2D eigenvalue weighted by atomic mass is 10.0. The van der Waals surface area contributed by atoms with Crippen molar-refractivity contribution in [2.75, 3.05) is 5.32 Å². The number of pyridine rings is 1. The van der Waals surface area contributed by atoms with Crippen LogP contribution in [0.15, 0.2) is 65.2 Å². The molecule has 0 bridgehead atoms. The number of nitrogens with two attached hydrogens (primary N) is 1. The van der Waals surface area contributed by atoms with Gasteiger partial charge in [-0.2, -0.15) is 0 Å². The summed E-state index contributed by atoms with van der Waals surface area (Å²) in [6, 6.07) is 14.4. The maximum atomic E-state index is 13.7. The minimum atomic E-state index is -0.886. The molecule has 7 nitrogen and oxygen atoms in total. The fraction of sp³-hybridized carbons (Fsp3) is 0.125. The van der Waals surface area contributed by atoms with Gasteiger partial charge in [-0.25, -0.2) is 9.37 Å². The molecule has 0 spiro atoms. The van der Waals surface area contributed by atoms with Gasteiger partial charge in [0.1, 0.15) is 22.8 Å². The van der Waals surface area contributed by atoms with Gasteiger partial charge in [0.25, 0.3) is 11.8 Å². The molecule has 0 aliphatic rings. The van der Waals surface area contributed by atoms with Crippen molar-refractivity contribution in [3.05, 3.63) is 83.5 Å². The summed E-state index contributed by atoms with van der Waals surface area (Å²) >= 11 is 0. The van der Waals surface area contributed by atoms with E-state index in [9.17, 15) is 14.0 Å². The van der Waals surface area contributed by atoms with Gasteiger partial charge in [-0.05, 0) is 41.8 Å². The monoisotopic (exact) mass is 433 g/mol. The number of hydrogen-bond donors (Lipinski definition) is 2. The predicted molar refractivity (Wildman–Crippen MR) is 117 cm³/mol. The van der Waals surface area contributed by atoms with Crippen molar-refractivity contribution in [2.24, 2.45) is 5.73 Å². The van der Waals surface area contributed by atoms with E-state index in [1.54, 1.807) is 6.07 Å². The second-order valence-electron chi connectivity index (χ2n) is 7.44. The smallest absolute Gasteiger partial charge is 0.286 e. The van der Waals surface area contributed by atoms with Crippen LogP contribution in [0.4, 0.5) is 10.1 Å². The van der Waals surface area contributed by atoms with Crippen LogP contribution >= 0.6 is 0 Å². The molecular formula is C24H20FN3O4. The summed E-state index contributed by atoms with van der Waals surface area (Å²) in [5.74, 6) is -0.991. The molecule has 0 fully saturated rings. The third-order valence-electron chi connectivity index (χ3n) is 4.87. The highest BCUT2D eigenvalue weighted by molar-refractivity contribution is 6.14. The van der Waals surface area contributed by atoms with Crippen LogP contribution in [0.25, 0.3) is 11.0 Å². The first-order valence-electron chi connectivity index (χ1n) is 9.89. The molecule has 2 aromatic carbocycles. The number of anilines is 1. The molecule has 4 rings (SSSR count). The van der Waals surface area contributed by atoms with Gasteiger partial charge in [-0.15, -0.1) is 0 Å². The van der Waals surface area contributed by atoms with Crippen LogP contribution in [-0.2, 0) is 0 Å². The Labute approximate surface area is 183 Å². The largest absolute Gasteiger partial charge is 0.449 e. The molecule has 8 heteroatoms. The Balaban J connectivity index is 1.57. The zero-order valence-corrected chi connectivity index (χ0v) is 17.4. The Morgan fingerprint density at radius 1 is 1.12 bits per heavy atom. The lowest BCUT2D eigenvalue weighted by Gasteiger charge is -2.13. The predicted octanol–water partition coefficient (Wildman–Crippen LogP) is 5.23. The van der Waals surface area contributed by atoms with Crippen molar-refractivity contribution >= 4 is 28.5 Å². The zero-order chi connectivity index (χ0) is 22.8. The van der Waals surface area contributed by atoms with Gasteiger partial charge >= 0.3 is 0 Å². The number of primary amides is 1. The fourth-order valence-electron chi connectivity index (χ4n) is 3.29. The average Bonchev–Trinajstić information content (AvgIpc) is 3.12. The third-order valence-corrected chi connectivity index (χ3v) is 4.87. The number of carbonyl (C=O) groups excluding carboxylic acids is 2. The first-order chi connectivity index (χ1) is 15.3. The van der Waals surface area contributed by atoms with Crippen LogP contribution < -0.4 is 15.8 Å². The van der Waals surface area contributed by atoms with Crippen LogP contribution in [0, 0.1) is 5.82 Å². The van der Waals surface area contributed by atoms with E-state index in [1.807, 2.05) is 24.3 Å². The third kappa shape index (κ3) is 4.15. The van der Waals surface area contributed by atoms with Gasteiger partial charge in [0.15, 0.2) is 0 Å². The molecule has 2 amide bonds. The molecule has 4 aromatic rings. The van der Waals surface area contributed by atoms with Crippen molar-refractivity contribution in [2.45, 2.75) is 19.8 Å². The number of halogens is 1. The number of nitrogens with one attached hydrogen (secondary N) is 1. The maximum Gasteiger partial charge on any atom is 0.286 e. The minimum Gasteiger partial charge on any atom is -0.449 e. The molecule has 2 heterocycles. The summed E-state index contributed by atoms with van der Waals surface area (Å²) in [5.41, 5.74) is 6.82. The highest BCUT2D eigenvalue weighted by atomic mass is 19.1. The number of aromatic nitrogens is 1. The van der Waals surface area contributed by atoms with Crippen LogP contribution in [0.2, 0.25) is 0 Å². The van der Waals surface area contributed by atoms with Crippen molar-refractivity contribution in [3.8, 4) is 11.6 Å². The Morgan fingerprint density at radius 3 is 2.59 bits per heavy atom. The highest BCUT2D eigenvalue weighted by Gasteiger charge is 2.21. The van der Waals surface area contributed by atoms with E-state index in [2.05, 4.69) is 24.1 Å². The minimum absolute atomic E-state index is 0.00295. The van der Waals surface area contributed by atoms with E-state index in [-0.39, 0.29) is 33.9 Å². The first kappa shape index (κ1) is 21.0. The van der Waals surface area contributed by atoms with Gasteiger partial charge in [-0.3, -0.25) is 9.59 Å². The number of ether oxygens (including phenoxy) is 1. The topological polar surface area (TPSA) is 107 Å². The van der Waals surface area contributed by atoms with Crippen molar-refractivity contribution in [1.82, 2.24) is 4.98 Å². The Kier molecular flexibility index (Phi) is 5.59. The molecule has 2 aromatic heterocycles. The maximum absolute atomic E-state index is 13.7. The van der Waals surface area contributed by atoms with Gasteiger partial charge in [0, 0.05) is 17.6 Å². The summed E-state index contributed by atoms with van der Waals surface area (Å²) in [7, 11) is 0. The second kappa shape index (κ2) is 8.50. The molecule has 0 radical (unpaired) electrons. The summed E-state index contributed by atoms with van der Waals surface area (Å²) in [4.78, 5) is 28.7. The number of rotatable bonds is 6. The van der Waals surface area contributed by atoms with Crippen LogP contribution in [-0.4, -0.2) is 16.8 Å². The van der Waals surface area contributed by atoms with E-state index < -0.39 is 17.6 Å². The van der Waals surface area contributed by atoms with Gasteiger partial charge < -0.3 is 20.2 Å². The van der Waals surface area contributed by atoms with E-state index in [0.29, 0.717) is 11.6 Å². The Bertz CT molecular complexity index is 1310. The molecule has 162 valence electrons. The molecule has 0 saturated heterocycles. The van der Waals surface area contributed by atoms with Crippen LogP contribution in [0.3, 0.4) is 0 Å². The number of amides is 2. The summed E-state index contributed by atoms with van der Waals surface area (Å²) in [5, 5.41) is 2.80. The summed E-state index contributed by atoms with van der Waals surface area (Å²) in [6.45, 7) is 4.13. The fourth-order valence-corrected chi connectivity index (χ4v) is 3.29. The van der Waals surface area contributed by atoms with Crippen LogP contribution in [0.5, 0.6) is 11.6 Å². The first-order valence-corrected chi connectivity index (χ1v) is 9.89. The molecule has 0 saturated carbocycles. The second-order valence-corrected chi connectivity index (χ2v) is 7.44. The number of furan rings is 1. The lowest BCUT2D eigenvalue weighted by molar-refractivity contribution is 0.0977. The number of carbonyl (C=O) groups is 2. The SMILES string of the molecule is CC(C)c1ccccc1Oc1ccc(C(=O)Nc2c(C(N)=O)oc3ccc(F)cc23)cn1. The zero-order valence-electron chi connectivity index (χ0n) is 17.4. The quantitative estimate of drug-likeness (QED) is 0.433. The van der Waals surface area contributed by atoms with E-state index in [1.165, 1.54) is 24.4 Å². The van der Waals surface area contributed by atoms with Crippen molar-refractivity contribution in [1.29, 1.82) is 0 Å². The molecular weight excluding hydrogens is 413 g/mol.